The van der Waals surface area contributed by atoms with Crippen molar-refractivity contribution < 1.29 is 9.21 Å². The van der Waals surface area contributed by atoms with E-state index in [9.17, 15) is 4.79 Å². The molecule has 132 valence electrons. The number of benzene rings is 2. The number of hydrogen-bond donors (Lipinski definition) is 3. The Labute approximate surface area is 165 Å². The Morgan fingerprint density at radius 3 is 2.54 bits per heavy atom. The summed E-state index contributed by atoms with van der Waals surface area (Å²) in [5.41, 5.74) is 6.46. The summed E-state index contributed by atoms with van der Waals surface area (Å²) in [5.74, 6) is 0.198. The van der Waals surface area contributed by atoms with Crippen molar-refractivity contribution in [2.45, 2.75) is 0 Å². The lowest BCUT2D eigenvalue weighted by molar-refractivity contribution is 0.0917. The molecule has 0 aliphatic heterocycles. The van der Waals surface area contributed by atoms with E-state index in [1.54, 1.807) is 48.5 Å². The highest BCUT2D eigenvalue weighted by molar-refractivity contribution is 7.80. The van der Waals surface area contributed by atoms with Crippen molar-refractivity contribution in [3.05, 3.63) is 76.5 Å². The topological polar surface area (TPSA) is 66.3 Å². The van der Waals surface area contributed by atoms with E-state index < -0.39 is 5.91 Å². The lowest BCUT2D eigenvalue weighted by Crippen LogP contribution is -2.43. The van der Waals surface area contributed by atoms with Crippen LogP contribution in [-0.2, 0) is 0 Å². The summed E-state index contributed by atoms with van der Waals surface area (Å²) in [7, 11) is 0. The van der Waals surface area contributed by atoms with Crippen LogP contribution in [0.15, 0.2) is 65.1 Å². The zero-order valence-corrected chi connectivity index (χ0v) is 15.6. The first-order valence-corrected chi connectivity index (χ1v) is 8.67. The van der Waals surface area contributed by atoms with Crippen LogP contribution in [0.25, 0.3) is 11.3 Å². The third kappa shape index (κ3) is 4.54. The Morgan fingerprint density at radius 2 is 1.77 bits per heavy atom. The van der Waals surface area contributed by atoms with E-state index in [1.165, 1.54) is 0 Å². The number of hydrogen-bond acceptors (Lipinski definition) is 3. The van der Waals surface area contributed by atoms with Gasteiger partial charge in [-0.25, -0.2) is 0 Å². The molecule has 0 unspecified atom stereocenters. The molecule has 0 aliphatic carbocycles. The second kappa shape index (κ2) is 8.23. The smallest absolute Gasteiger partial charge is 0.305 e. The highest BCUT2D eigenvalue weighted by atomic mass is 35.5. The Balaban J connectivity index is 1.59. The summed E-state index contributed by atoms with van der Waals surface area (Å²) in [6, 6.07) is 17.5. The van der Waals surface area contributed by atoms with Gasteiger partial charge in [0.05, 0.1) is 10.7 Å². The molecule has 26 heavy (non-hydrogen) atoms. The third-order valence-corrected chi connectivity index (χ3v) is 4.12. The van der Waals surface area contributed by atoms with Gasteiger partial charge in [0, 0.05) is 10.6 Å². The fourth-order valence-electron chi connectivity index (χ4n) is 2.15. The minimum absolute atomic E-state index is 0.132. The van der Waals surface area contributed by atoms with Crippen LogP contribution in [0, 0.1) is 0 Å². The van der Waals surface area contributed by atoms with Crippen LogP contribution < -0.4 is 16.2 Å². The van der Waals surface area contributed by atoms with Crippen LogP contribution in [0.1, 0.15) is 10.6 Å². The molecule has 5 nitrogen and oxygen atoms in total. The van der Waals surface area contributed by atoms with E-state index in [0.717, 1.165) is 5.56 Å². The number of hydrazine groups is 1. The van der Waals surface area contributed by atoms with E-state index in [2.05, 4.69) is 16.2 Å². The molecule has 2 aromatic carbocycles. The molecule has 3 aromatic rings. The van der Waals surface area contributed by atoms with Gasteiger partial charge < -0.3 is 9.73 Å². The zero-order valence-electron chi connectivity index (χ0n) is 13.3. The molecule has 0 fully saturated rings. The Kier molecular flexibility index (Phi) is 5.78. The van der Waals surface area contributed by atoms with Crippen LogP contribution >= 0.6 is 35.4 Å². The number of para-hydroxylation sites is 1. The second-order valence-corrected chi connectivity index (χ2v) is 6.44. The molecule has 3 rings (SSSR count). The maximum absolute atomic E-state index is 12.2. The molecule has 0 radical (unpaired) electrons. The van der Waals surface area contributed by atoms with E-state index in [1.807, 2.05) is 12.1 Å². The third-order valence-electron chi connectivity index (χ3n) is 3.35. The molecule has 0 aliphatic rings. The molecule has 0 saturated heterocycles. The molecule has 0 bridgehead atoms. The zero-order chi connectivity index (χ0) is 18.5. The Bertz CT molecular complexity index is 959. The highest BCUT2D eigenvalue weighted by Crippen LogP contribution is 2.24. The predicted octanol–water partition coefficient (Wildman–Crippen LogP) is 4.88. The van der Waals surface area contributed by atoms with Gasteiger partial charge in [-0.2, -0.15) is 0 Å². The van der Waals surface area contributed by atoms with E-state index in [0.29, 0.717) is 21.5 Å². The molecular formula is C18H13Cl2N3O2S. The second-order valence-electron chi connectivity index (χ2n) is 5.19. The molecule has 1 heterocycles. The molecule has 3 N–H and O–H groups in total. The summed E-state index contributed by atoms with van der Waals surface area (Å²) < 4.78 is 5.56. The van der Waals surface area contributed by atoms with Crippen LogP contribution in [0.4, 0.5) is 5.69 Å². The standard InChI is InChI=1S/C18H13Cl2N3O2S/c19-12-5-3-4-11(10-12)15-8-9-16(25-15)17(24)22-23-18(26)21-14-7-2-1-6-13(14)20/h1-10H,(H,22,24)(H2,21,23,26). The van der Waals surface area contributed by atoms with Crippen LogP contribution in [0.3, 0.4) is 0 Å². The van der Waals surface area contributed by atoms with Gasteiger partial charge in [-0.1, -0.05) is 47.5 Å². The molecule has 1 aromatic heterocycles. The molecule has 1 amide bonds. The van der Waals surface area contributed by atoms with Gasteiger partial charge in [-0.05, 0) is 48.6 Å². The molecule has 0 spiro atoms. The minimum Gasteiger partial charge on any atom is -0.451 e. The lowest BCUT2D eigenvalue weighted by atomic mass is 10.2. The average Bonchev–Trinajstić information content (AvgIpc) is 3.12. The molecular weight excluding hydrogens is 393 g/mol. The average molecular weight is 406 g/mol. The van der Waals surface area contributed by atoms with E-state index in [-0.39, 0.29) is 10.9 Å². The summed E-state index contributed by atoms with van der Waals surface area (Å²) in [4.78, 5) is 12.2. The first-order chi connectivity index (χ1) is 12.5. The number of nitrogens with one attached hydrogen (secondary N) is 3. The number of rotatable bonds is 3. The monoisotopic (exact) mass is 405 g/mol. The summed E-state index contributed by atoms with van der Waals surface area (Å²) in [5, 5.41) is 4.17. The van der Waals surface area contributed by atoms with Crippen molar-refractivity contribution in [2.75, 3.05) is 5.32 Å². The lowest BCUT2D eigenvalue weighted by Gasteiger charge is -2.11. The van der Waals surface area contributed by atoms with Gasteiger partial charge in [0.15, 0.2) is 10.9 Å². The van der Waals surface area contributed by atoms with E-state index >= 15 is 0 Å². The van der Waals surface area contributed by atoms with Crippen LogP contribution in [-0.4, -0.2) is 11.0 Å². The summed E-state index contributed by atoms with van der Waals surface area (Å²) in [6.45, 7) is 0. The maximum Gasteiger partial charge on any atom is 0.305 e. The predicted molar refractivity (Wildman–Crippen MR) is 107 cm³/mol. The van der Waals surface area contributed by atoms with Gasteiger partial charge in [0.1, 0.15) is 5.76 Å². The van der Waals surface area contributed by atoms with Gasteiger partial charge in [0.2, 0.25) is 0 Å². The number of thiocarbonyl (C=S) groups is 1. The molecule has 0 atom stereocenters. The number of amides is 1. The van der Waals surface area contributed by atoms with Crippen molar-refractivity contribution in [1.82, 2.24) is 10.9 Å². The van der Waals surface area contributed by atoms with Gasteiger partial charge in [-0.15, -0.1) is 0 Å². The number of furan rings is 1. The fourth-order valence-corrected chi connectivity index (χ4v) is 2.68. The quantitative estimate of drug-likeness (QED) is 0.427. The SMILES string of the molecule is O=C(NNC(=S)Nc1ccccc1Cl)c1ccc(-c2cccc(Cl)c2)o1. The fraction of sp³-hybridized carbons (Fsp3) is 0. The van der Waals surface area contributed by atoms with Gasteiger partial charge in [0.25, 0.3) is 0 Å². The van der Waals surface area contributed by atoms with Crippen molar-refractivity contribution >= 4 is 52.1 Å². The van der Waals surface area contributed by atoms with Crippen LogP contribution in [0.5, 0.6) is 0 Å². The largest absolute Gasteiger partial charge is 0.451 e. The molecule has 8 heteroatoms. The normalized spacial score (nSPS) is 10.2. The van der Waals surface area contributed by atoms with Gasteiger partial charge in [-0.3, -0.25) is 15.6 Å². The Morgan fingerprint density at radius 1 is 0.962 bits per heavy atom. The maximum atomic E-state index is 12.2. The summed E-state index contributed by atoms with van der Waals surface area (Å²) in [6.07, 6.45) is 0. The Hall–Kier alpha value is -2.54. The number of anilines is 1. The van der Waals surface area contributed by atoms with Gasteiger partial charge >= 0.3 is 5.91 Å². The number of carbonyl (C=O) groups excluding carboxylic acids is 1. The first kappa shape index (κ1) is 18.3. The van der Waals surface area contributed by atoms with Crippen LogP contribution in [0.2, 0.25) is 10.0 Å². The van der Waals surface area contributed by atoms with Crippen molar-refractivity contribution in [1.29, 1.82) is 0 Å². The number of carbonyl (C=O) groups is 1. The van der Waals surface area contributed by atoms with E-state index in [4.69, 9.17) is 39.8 Å². The summed E-state index contributed by atoms with van der Waals surface area (Å²) >= 11 is 17.1. The van der Waals surface area contributed by atoms with Crippen molar-refractivity contribution in [3.63, 3.8) is 0 Å². The molecule has 0 saturated carbocycles. The van der Waals surface area contributed by atoms with Crippen molar-refractivity contribution in [2.24, 2.45) is 0 Å². The number of halogens is 2. The van der Waals surface area contributed by atoms with Crippen molar-refractivity contribution in [3.8, 4) is 11.3 Å². The highest BCUT2D eigenvalue weighted by Gasteiger charge is 2.13. The first-order valence-electron chi connectivity index (χ1n) is 7.50. The minimum atomic E-state index is -0.471.